The van der Waals surface area contributed by atoms with E-state index in [-0.39, 0.29) is 22.7 Å². The van der Waals surface area contributed by atoms with Gasteiger partial charge in [-0.05, 0) is 60.1 Å². The summed E-state index contributed by atoms with van der Waals surface area (Å²) >= 11 is 0. The van der Waals surface area contributed by atoms with E-state index in [1.165, 1.54) is 6.20 Å². The van der Waals surface area contributed by atoms with Crippen LogP contribution in [0, 0.1) is 11.6 Å². The van der Waals surface area contributed by atoms with Crippen LogP contribution in [0.15, 0.2) is 109 Å². The first-order valence-electron chi connectivity index (χ1n) is 19.5. The third-order valence-corrected chi connectivity index (χ3v) is 11.0. The number of likely N-dealkylation sites (tertiary alicyclic amines) is 2. The summed E-state index contributed by atoms with van der Waals surface area (Å²) in [6.07, 6.45) is 2.90. The van der Waals surface area contributed by atoms with Crippen LogP contribution < -0.4 is 10.6 Å². The number of rotatable bonds is 11. The van der Waals surface area contributed by atoms with Gasteiger partial charge in [0.1, 0.15) is 35.4 Å². The third-order valence-electron chi connectivity index (χ3n) is 11.0. The van der Waals surface area contributed by atoms with Crippen LogP contribution in [0.2, 0.25) is 0 Å². The largest absolute Gasteiger partial charge is 0.465 e. The van der Waals surface area contributed by atoms with Gasteiger partial charge in [-0.3, -0.25) is 9.59 Å². The zero-order valence-corrected chi connectivity index (χ0v) is 32.0. The number of carboxylic acid groups (broad SMARTS) is 2. The monoisotopic (exact) mass is 814 g/mol. The van der Waals surface area contributed by atoms with Crippen molar-refractivity contribution in [3.8, 4) is 33.6 Å². The van der Waals surface area contributed by atoms with Gasteiger partial charge in [0.05, 0.1) is 35.9 Å². The Labute approximate surface area is 342 Å². The topological polar surface area (TPSA) is 197 Å². The number of amides is 4. The molecule has 0 radical (unpaired) electrons. The Bertz CT molecular complexity index is 2530. The summed E-state index contributed by atoms with van der Waals surface area (Å²) in [7, 11) is 0. The second-order valence-corrected chi connectivity index (χ2v) is 14.7. The number of hydrogen-bond donors (Lipinski definition) is 6. The van der Waals surface area contributed by atoms with Crippen molar-refractivity contribution < 1.29 is 38.2 Å². The molecule has 2 aromatic heterocycles. The molecule has 2 aliphatic rings. The summed E-state index contributed by atoms with van der Waals surface area (Å²) in [4.78, 5) is 69.2. The van der Waals surface area contributed by atoms with Crippen LogP contribution >= 0.6 is 0 Å². The smallest absolute Gasteiger partial charge is 0.405 e. The first kappa shape index (κ1) is 39.5. The molecule has 14 nitrogen and oxygen atoms in total. The molecule has 0 aliphatic carbocycles. The maximum absolute atomic E-state index is 15.8. The molecule has 2 unspecified atom stereocenters. The Kier molecular flexibility index (Phi) is 11.1. The predicted molar refractivity (Wildman–Crippen MR) is 215 cm³/mol. The number of imidazole rings is 2. The Morgan fingerprint density at radius 3 is 1.55 bits per heavy atom. The first-order chi connectivity index (χ1) is 29.0. The van der Waals surface area contributed by atoms with Gasteiger partial charge >= 0.3 is 12.2 Å². The van der Waals surface area contributed by atoms with E-state index in [4.69, 9.17) is 0 Å². The lowest BCUT2D eigenvalue weighted by molar-refractivity contribution is -0.135. The lowest BCUT2D eigenvalue weighted by Crippen LogP contribution is -2.42. The fraction of sp³-hybridized carbons (Fsp3) is 0.227. The van der Waals surface area contributed by atoms with Gasteiger partial charge in [0.25, 0.3) is 11.8 Å². The molecular formula is C44H40F2N8O6. The lowest BCUT2D eigenvalue weighted by atomic mass is 10.00. The van der Waals surface area contributed by atoms with Crippen molar-refractivity contribution in [3.63, 3.8) is 0 Å². The molecule has 2 aliphatic heterocycles. The Hall–Kier alpha value is -7.36. The van der Waals surface area contributed by atoms with Gasteiger partial charge in [-0.2, -0.15) is 0 Å². The molecule has 8 rings (SSSR count). The molecule has 306 valence electrons. The summed E-state index contributed by atoms with van der Waals surface area (Å²) in [5.74, 6) is -1.26. The number of carbonyl (C=O) groups excluding carboxylic acids is 2. The highest BCUT2D eigenvalue weighted by atomic mass is 19.1. The Balaban J connectivity index is 0.967. The first-order valence-corrected chi connectivity index (χ1v) is 19.5. The zero-order valence-electron chi connectivity index (χ0n) is 32.0. The standard InChI is InChI=1S/C44H40F2N8O6/c45-31-22-30(34-24-48-40(50-34)36-14-8-20-54(36)42(56)38(52-44(59)60)28-11-5-2-6-12-28)32(46)21-29(31)25-15-17-26(18-16-25)33-23-47-39(49-33)35-13-7-19-53(35)41(55)37(51-43(57)58)27-9-3-1-4-10-27/h1-6,9-12,15-18,21-24,35-38,51-52H,7-8,13-14,19-20H2,(H,47,49)(H,48,50)(H,57,58)(H,59,60)/t35?,36-,37?,38+/m0/s1. The SMILES string of the molecule is O=C(O)NC(C(=O)N1CCCC1c1ncc(-c2ccc(-c3cc(F)c(-c4cnc([C@@H]5CCCN5C(=O)[C@H](NC(=O)O)c5ccccc5)[nH]4)cc3F)cc2)[nH]1)c1ccccc1. The lowest BCUT2D eigenvalue weighted by Gasteiger charge is -2.28. The molecule has 2 saturated heterocycles. The van der Waals surface area contributed by atoms with E-state index in [2.05, 4.69) is 30.6 Å². The van der Waals surface area contributed by atoms with Gasteiger partial charge in [-0.1, -0.05) is 84.9 Å². The fourth-order valence-electron chi connectivity index (χ4n) is 8.17. The number of benzene rings is 4. The van der Waals surface area contributed by atoms with Crippen molar-refractivity contribution in [3.05, 3.63) is 144 Å². The van der Waals surface area contributed by atoms with E-state index in [0.29, 0.717) is 72.8 Å². The molecule has 6 N–H and O–H groups in total. The minimum absolute atomic E-state index is 0.0429. The number of nitrogens with zero attached hydrogens (tertiary/aromatic N) is 4. The number of nitrogens with one attached hydrogen (secondary N) is 4. The molecule has 0 saturated carbocycles. The van der Waals surface area contributed by atoms with Crippen LogP contribution in [-0.2, 0) is 9.59 Å². The maximum atomic E-state index is 15.8. The minimum atomic E-state index is -1.34. The summed E-state index contributed by atoms with van der Waals surface area (Å²) < 4.78 is 31.6. The molecular weight excluding hydrogens is 775 g/mol. The van der Waals surface area contributed by atoms with Crippen LogP contribution in [0.1, 0.15) is 72.6 Å². The van der Waals surface area contributed by atoms with Gasteiger partial charge in [-0.15, -0.1) is 0 Å². The fourth-order valence-corrected chi connectivity index (χ4v) is 8.17. The summed E-state index contributed by atoms with van der Waals surface area (Å²) in [6, 6.07) is 23.1. The average molecular weight is 815 g/mol. The Morgan fingerprint density at radius 2 is 1.05 bits per heavy atom. The van der Waals surface area contributed by atoms with E-state index in [1.807, 2.05) is 0 Å². The molecule has 4 aromatic carbocycles. The summed E-state index contributed by atoms with van der Waals surface area (Å²) in [6.45, 7) is 0.803. The van der Waals surface area contributed by atoms with Gasteiger partial charge in [-0.25, -0.2) is 28.3 Å². The predicted octanol–water partition coefficient (Wildman–Crippen LogP) is 7.76. The molecule has 4 atom stereocenters. The van der Waals surface area contributed by atoms with Crippen molar-refractivity contribution >= 4 is 24.0 Å². The molecule has 4 heterocycles. The van der Waals surface area contributed by atoms with Crippen molar-refractivity contribution in [1.29, 1.82) is 0 Å². The van der Waals surface area contributed by atoms with Gasteiger partial charge in [0.2, 0.25) is 0 Å². The quantitative estimate of drug-likeness (QED) is 0.0763. The molecule has 2 fully saturated rings. The molecule has 60 heavy (non-hydrogen) atoms. The van der Waals surface area contributed by atoms with Crippen LogP contribution in [0.5, 0.6) is 0 Å². The molecule has 6 aromatic rings. The van der Waals surface area contributed by atoms with E-state index >= 15 is 8.78 Å². The number of hydrogen-bond acceptors (Lipinski definition) is 6. The Morgan fingerprint density at radius 1 is 0.617 bits per heavy atom. The summed E-state index contributed by atoms with van der Waals surface area (Å²) in [5.41, 5.74) is 3.04. The van der Waals surface area contributed by atoms with Crippen LogP contribution in [-0.4, -0.2) is 77.0 Å². The van der Waals surface area contributed by atoms with E-state index < -0.39 is 53.9 Å². The van der Waals surface area contributed by atoms with Crippen LogP contribution in [0.4, 0.5) is 18.4 Å². The average Bonchev–Trinajstić information content (AvgIpc) is 4.10. The maximum Gasteiger partial charge on any atom is 0.405 e. The van der Waals surface area contributed by atoms with E-state index in [1.54, 1.807) is 101 Å². The highest BCUT2D eigenvalue weighted by Gasteiger charge is 2.38. The second-order valence-electron chi connectivity index (χ2n) is 14.7. The molecule has 16 heteroatoms. The number of aromatic nitrogens is 4. The van der Waals surface area contributed by atoms with E-state index in [0.717, 1.165) is 17.7 Å². The number of H-pyrrole nitrogens is 2. The number of aromatic amines is 2. The van der Waals surface area contributed by atoms with Crippen molar-refractivity contribution in [2.24, 2.45) is 0 Å². The molecule has 0 bridgehead atoms. The summed E-state index contributed by atoms with van der Waals surface area (Å²) in [5, 5.41) is 23.6. The van der Waals surface area contributed by atoms with Gasteiger partial charge < -0.3 is 40.6 Å². The highest BCUT2D eigenvalue weighted by Crippen LogP contribution is 2.37. The highest BCUT2D eigenvalue weighted by molar-refractivity contribution is 5.88. The van der Waals surface area contributed by atoms with Crippen LogP contribution in [0.3, 0.4) is 0 Å². The third kappa shape index (κ3) is 8.03. The number of halogens is 2. The minimum Gasteiger partial charge on any atom is -0.465 e. The molecule has 4 amide bonds. The zero-order chi connectivity index (χ0) is 41.9. The van der Waals surface area contributed by atoms with E-state index in [9.17, 15) is 29.4 Å². The second kappa shape index (κ2) is 16.9. The van der Waals surface area contributed by atoms with Gasteiger partial charge in [0.15, 0.2) is 0 Å². The normalized spacial score (nSPS) is 17.3. The molecule has 0 spiro atoms. The van der Waals surface area contributed by atoms with Crippen molar-refractivity contribution in [1.82, 2.24) is 40.4 Å². The van der Waals surface area contributed by atoms with Crippen LogP contribution in [0.25, 0.3) is 33.6 Å². The number of carbonyl (C=O) groups is 4. The van der Waals surface area contributed by atoms with Gasteiger partial charge in [0, 0.05) is 24.2 Å². The van der Waals surface area contributed by atoms with Crippen molar-refractivity contribution in [2.75, 3.05) is 13.1 Å². The van der Waals surface area contributed by atoms with Crippen molar-refractivity contribution in [2.45, 2.75) is 49.9 Å².